The van der Waals surface area contributed by atoms with Gasteiger partial charge in [0.2, 0.25) is 5.91 Å². The molecule has 2 amide bonds. The minimum Gasteiger partial charge on any atom is -0.352 e. The van der Waals surface area contributed by atoms with E-state index in [0.717, 1.165) is 31.4 Å². The fourth-order valence-electron chi connectivity index (χ4n) is 2.90. The highest BCUT2D eigenvalue weighted by molar-refractivity contribution is 7.98. The molecule has 0 bridgehead atoms. The largest absolute Gasteiger partial charge is 0.352 e. The average Bonchev–Trinajstić information content (AvgIpc) is 2.61. The van der Waals surface area contributed by atoms with Crippen molar-refractivity contribution in [3.63, 3.8) is 0 Å². The van der Waals surface area contributed by atoms with E-state index in [1.54, 1.807) is 23.9 Å². The predicted molar refractivity (Wildman–Crippen MR) is 106 cm³/mol. The van der Waals surface area contributed by atoms with Gasteiger partial charge >= 0.3 is 0 Å². The first-order chi connectivity index (χ1) is 11.6. The van der Waals surface area contributed by atoms with Crippen LogP contribution in [0.3, 0.4) is 0 Å². The number of carbonyl (C=O) groups is 2. The minimum atomic E-state index is -0.499. The predicted octanol–water partition coefficient (Wildman–Crippen LogP) is 2.35. The first-order valence-corrected chi connectivity index (χ1v) is 9.90. The summed E-state index contributed by atoms with van der Waals surface area (Å²) in [6, 6.07) is 8.92. The number of thioether (sulfide) groups is 1. The van der Waals surface area contributed by atoms with Gasteiger partial charge in [-0.25, -0.2) is 0 Å². The molecule has 5 nitrogen and oxygen atoms in total. The fourth-order valence-corrected chi connectivity index (χ4v) is 3.37. The molecule has 140 valence electrons. The maximum atomic E-state index is 12.6. The van der Waals surface area contributed by atoms with E-state index in [2.05, 4.69) is 10.6 Å². The van der Waals surface area contributed by atoms with E-state index in [-0.39, 0.29) is 36.3 Å². The Kier molecular flexibility index (Phi) is 9.93. The van der Waals surface area contributed by atoms with E-state index in [4.69, 9.17) is 5.73 Å². The lowest BCUT2D eigenvalue weighted by Gasteiger charge is -2.28. The molecule has 1 unspecified atom stereocenters. The molecule has 1 saturated carbocycles. The third-order valence-electron chi connectivity index (χ3n) is 4.39. The second kappa shape index (κ2) is 11.4. The van der Waals surface area contributed by atoms with Crippen LogP contribution in [-0.4, -0.2) is 41.9 Å². The Hall–Kier alpha value is -1.24. The van der Waals surface area contributed by atoms with Crippen LogP contribution in [0.1, 0.15) is 42.5 Å². The first kappa shape index (κ1) is 21.8. The number of hydrogen-bond donors (Lipinski definition) is 3. The van der Waals surface area contributed by atoms with Gasteiger partial charge in [0, 0.05) is 17.6 Å². The molecule has 4 N–H and O–H groups in total. The quantitative estimate of drug-likeness (QED) is 0.672. The molecule has 0 saturated heterocycles. The van der Waals surface area contributed by atoms with Gasteiger partial charge in [-0.2, -0.15) is 11.8 Å². The molecule has 1 fully saturated rings. The van der Waals surface area contributed by atoms with Crippen LogP contribution in [0.4, 0.5) is 0 Å². The van der Waals surface area contributed by atoms with Crippen molar-refractivity contribution in [3.05, 3.63) is 35.9 Å². The van der Waals surface area contributed by atoms with Gasteiger partial charge in [-0.3, -0.25) is 9.59 Å². The van der Waals surface area contributed by atoms with Crippen molar-refractivity contribution in [3.8, 4) is 0 Å². The van der Waals surface area contributed by atoms with Crippen molar-refractivity contribution in [2.24, 2.45) is 5.73 Å². The van der Waals surface area contributed by atoms with Gasteiger partial charge in [0.05, 0.1) is 0 Å². The van der Waals surface area contributed by atoms with Crippen LogP contribution >= 0.6 is 24.2 Å². The number of nitrogens with two attached hydrogens (primary N) is 1. The maximum Gasteiger partial charge on any atom is 0.251 e. The fraction of sp³-hybridized carbons (Fsp3) is 0.556. The second-order valence-electron chi connectivity index (χ2n) is 6.29. The first-order valence-electron chi connectivity index (χ1n) is 8.51. The molecule has 1 atom stereocenters. The van der Waals surface area contributed by atoms with Crippen LogP contribution < -0.4 is 16.4 Å². The zero-order valence-electron chi connectivity index (χ0n) is 14.6. The van der Waals surface area contributed by atoms with E-state index >= 15 is 0 Å². The number of nitrogens with one attached hydrogen (secondary N) is 2. The molecule has 1 aliphatic rings. The third-order valence-corrected chi connectivity index (χ3v) is 5.03. The molecule has 0 aromatic heterocycles. The number of amides is 2. The van der Waals surface area contributed by atoms with Crippen molar-refractivity contribution >= 4 is 36.0 Å². The van der Waals surface area contributed by atoms with Crippen molar-refractivity contribution < 1.29 is 9.59 Å². The van der Waals surface area contributed by atoms with Gasteiger partial charge < -0.3 is 16.4 Å². The SMILES string of the molecule is CSCCC(NC(=O)c1ccccc1)C(=O)NC1CCC(N)CC1.Cl. The van der Waals surface area contributed by atoms with Crippen LogP contribution in [0.15, 0.2) is 30.3 Å². The van der Waals surface area contributed by atoms with Crippen molar-refractivity contribution in [1.82, 2.24) is 10.6 Å². The molecule has 25 heavy (non-hydrogen) atoms. The molecular formula is C18H28ClN3O2S. The molecule has 1 aromatic carbocycles. The molecule has 0 aliphatic heterocycles. The van der Waals surface area contributed by atoms with Gasteiger partial charge in [-0.05, 0) is 56.2 Å². The highest BCUT2D eigenvalue weighted by Gasteiger charge is 2.25. The Bertz CT molecular complexity index is 536. The van der Waals surface area contributed by atoms with E-state index in [1.165, 1.54) is 0 Å². The highest BCUT2D eigenvalue weighted by atomic mass is 35.5. The smallest absolute Gasteiger partial charge is 0.251 e. The number of hydrogen-bond acceptors (Lipinski definition) is 4. The monoisotopic (exact) mass is 385 g/mol. The zero-order valence-corrected chi connectivity index (χ0v) is 16.2. The second-order valence-corrected chi connectivity index (χ2v) is 7.28. The molecule has 0 spiro atoms. The van der Waals surface area contributed by atoms with Crippen molar-refractivity contribution in [1.29, 1.82) is 0 Å². The number of rotatable bonds is 7. The summed E-state index contributed by atoms with van der Waals surface area (Å²) in [6.07, 6.45) is 6.32. The van der Waals surface area contributed by atoms with E-state index < -0.39 is 6.04 Å². The minimum absolute atomic E-state index is 0. The molecular weight excluding hydrogens is 358 g/mol. The lowest BCUT2D eigenvalue weighted by Crippen LogP contribution is -2.51. The van der Waals surface area contributed by atoms with Crippen molar-refractivity contribution in [2.45, 2.75) is 50.2 Å². The number of halogens is 1. The van der Waals surface area contributed by atoms with Crippen LogP contribution in [0.25, 0.3) is 0 Å². The van der Waals surface area contributed by atoms with Crippen LogP contribution in [0, 0.1) is 0 Å². The lowest BCUT2D eigenvalue weighted by molar-refractivity contribution is -0.124. The topological polar surface area (TPSA) is 84.2 Å². The summed E-state index contributed by atoms with van der Waals surface area (Å²) in [4.78, 5) is 24.9. The summed E-state index contributed by atoms with van der Waals surface area (Å²) in [7, 11) is 0. The molecule has 1 aromatic rings. The normalized spacial score (nSPS) is 20.9. The van der Waals surface area contributed by atoms with Crippen LogP contribution in [-0.2, 0) is 4.79 Å². The van der Waals surface area contributed by atoms with Gasteiger partial charge in [-0.1, -0.05) is 18.2 Å². The molecule has 0 heterocycles. The summed E-state index contributed by atoms with van der Waals surface area (Å²) in [5, 5.41) is 5.96. The zero-order chi connectivity index (χ0) is 17.4. The van der Waals surface area contributed by atoms with Gasteiger partial charge in [-0.15, -0.1) is 12.4 Å². The summed E-state index contributed by atoms with van der Waals surface area (Å²) in [5.41, 5.74) is 6.48. The number of benzene rings is 1. The Labute approximate surface area is 160 Å². The van der Waals surface area contributed by atoms with Crippen molar-refractivity contribution in [2.75, 3.05) is 12.0 Å². The Balaban J connectivity index is 0.00000312. The summed E-state index contributed by atoms with van der Waals surface area (Å²) in [6.45, 7) is 0. The maximum absolute atomic E-state index is 12.6. The Morgan fingerprint density at radius 2 is 1.84 bits per heavy atom. The summed E-state index contributed by atoms with van der Waals surface area (Å²) >= 11 is 1.67. The molecule has 7 heteroatoms. The lowest BCUT2D eigenvalue weighted by atomic mass is 9.91. The highest BCUT2D eigenvalue weighted by Crippen LogP contribution is 2.17. The third kappa shape index (κ3) is 7.26. The van der Waals surface area contributed by atoms with Crippen LogP contribution in [0.2, 0.25) is 0 Å². The van der Waals surface area contributed by atoms with Crippen LogP contribution in [0.5, 0.6) is 0 Å². The van der Waals surface area contributed by atoms with E-state index in [1.807, 2.05) is 24.5 Å². The van der Waals surface area contributed by atoms with Gasteiger partial charge in [0.1, 0.15) is 6.04 Å². The molecule has 1 aliphatic carbocycles. The molecule has 2 rings (SSSR count). The Morgan fingerprint density at radius 3 is 2.44 bits per heavy atom. The van der Waals surface area contributed by atoms with E-state index in [0.29, 0.717) is 12.0 Å². The average molecular weight is 386 g/mol. The van der Waals surface area contributed by atoms with Gasteiger partial charge in [0.15, 0.2) is 0 Å². The molecule has 0 radical (unpaired) electrons. The summed E-state index contributed by atoms with van der Waals surface area (Å²) < 4.78 is 0. The summed E-state index contributed by atoms with van der Waals surface area (Å²) in [5.74, 6) is 0.527. The van der Waals surface area contributed by atoms with E-state index in [9.17, 15) is 9.59 Å². The van der Waals surface area contributed by atoms with Gasteiger partial charge in [0.25, 0.3) is 5.91 Å². The Morgan fingerprint density at radius 1 is 1.20 bits per heavy atom. The number of carbonyl (C=O) groups excluding carboxylic acids is 2. The standard InChI is InChI=1S/C18H27N3O2S.ClH/c1-24-12-11-16(21-17(22)13-5-3-2-4-6-13)18(23)20-15-9-7-14(19)8-10-15;/h2-6,14-16H,7-12,19H2,1H3,(H,20,23)(H,21,22);1H.